The Bertz CT molecular complexity index is 431. The summed E-state index contributed by atoms with van der Waals surface area (Å²) < 4.78 is 0. The van der Waals surface area contributed by atoms with Gasteiger partial charge in [0, 0.05) is 6.04 Å². The summed E-state index contributed by atoms with van der Waals surface area (Å²) in [6, 6.07) is 4.48. The Labute approximate surface area is 116 Å². The van der Waals surface area contributed by atoms with Crippen molar-refractivity contribution in [3.8, 4) is 0 Å². The van der Waals surface area contributed by atoms with Gasteiger partial charge in [-0.05, 0) is 57.4 Å². The zero-order valence-corrected chi connectivity index (χ0v) is 12.7. The molecular weight excluding hydrogens is 238 g/mol. The molecule has 1 unspecified atom stereocenters. The van der Waals surface area contributed by atoms with Crippen molar-refractivity contribution in [2.24, 2.45) is 0 Å². The first-order valence-electron chi connectivity index (χ1n) is 6.90. The highest BCUT2D eigenvalue weighted by Gasteiger charge is 2.20. The number of benzene rings is 1. The largest absolute Gasteiger partial charge is 0.480 e. The monoisotopic (exact) mass is 263 g/mol. The smallest absolute Gasteiger partial charge is 0.317 e. The van der Waals surface area contributed by atoms with Crippen molar-refractivity contribution in [2.75, 3.05) is 13.1 Å². The van der Waals surface area contributed by atoms with Crippen molar-refractivity contribution in [1.82, 2.24) is 4.90 Å². The zero-order chi connectivity index (χ0) is 14.6. The third-order valence-electron chi connectivity index (χ3n) is 3.55. The van der Waals surface area contributed by atoms with E-state index in [1.807, 2.05) is 4.90 Å². The lowest BCUT2D eigenvalue weighted by atomic mass is 9.94. The fourth-order valence-corrected chi connectivity index (χ4v) is 2.90. The van der Waals surface area contributed by atoms with Crippen LogP contribution in [0.15, 0.2) is 12.1 Å². The molecule has 1 aromatic carbocycles. The van der Waals surface area contributed by atoms with Gasteiger partial charge in [-0.15, -0.1) is 0 Å². The van der Waals surface area contributed by atoms with Crippen LogP contribution in [0.25, 0.3) is 0 Å². The van der Waals surface area contributed by atoms with Gasteiger partial charge in [0.2, 0.25) is 0 Å². The van der Waals surface area contributed by atoms with Crippen molar-refractivity contribution in [3.05, 3.63) is 34.4 Å². The van der Waals surface area contributed by atoms with E-state index < -0.39 is 5.97 Å². The van der Waals surface area contributed by atoms with Gasteiger partial charge in [0.1, 0.15) is 0 Å². The minimum Gasteiger partial charge on any atom is -0.480 e. The first-order chi connectivity index (χ1) is 8.86. The molecule has 0 heterocycles. The molecule has 0 aliphatic carbocycles. The summed E-state index contributed by atoms with van der Waals surface area (Å²) in [7, 11) is 0. The van der Waals surface area contributed by atoms with Crippen LogP contribution in [-0.2, 0) is 4.79 Å². The molecule has 1 rings (SSSR count). The Morgan fingerprint density at radius 3 is 2.21 bits per heavy atom. The van der Waals surface area contributed by atoms with Crippen molar-refractivity contribution in [3.63, 3.8) is 0 Å². The molecule has 1 atom stereocenters. The van der Waals surface area contributed by atoms with Gasteiger partial charge in [-0.25, -0.2) is 0 Å². The van der Waals surface area contributed by atoms with Gasteiger partial charge in [-0.1, -0.05) is 24.6 Å². The molecule has 3 heteroatoms. The van der Waals surface area contributed by atoms with E-state index in [0.29, 0.717) is 0 Å². The summed E-state index contributed by atoms with van der Waals surface area (Å²) in [6.07, 6.45) is 0.960. The lowest BCUT2D eigenvalue weighted by Gasteiger charge is -2.30. The number of carboxylic acid groups (broad SMARTS) is 1. The number of aryl methyl sites for hydroxylation is 3. The van der Waals surface area contributed by atoms with Crippen molar-refractivity contribution < 1.29 is 9.90 Å². The number of nitrogens with zero attached hydrogens (tertiary/aromatic N) is 1. The topological polar surface area (TPSA) is 40.5 Å². The molecule has 0 radical (unpaired) electrons. The molecule has 3 nitrogen and oxygen atoms in total. The molecule has 0 saturated carbocycles. The van der Waals surface area contributed by atoms with E-state index in [9.17, 15) is 4.79 Å². The summed E-state index contributed by atoms with van der Waals surface area (Å²) in [5.41, 5.74) is 5.01. The molecule has 0 fully saturated rings. The molecular formula is C16H25NO2. The summed E-state index contributed by atoms with van der Waals surface area (Å²) in [6.45, 7) is 11.4. The SMILES string of the molecule is CCCN(CC(=O)O)C(C)c1c(C)cc(C)cc1C. The molecule has 1 aromatic rings. The summed E-state index contributed by atoms with van der Waals surface area (Å²) in [4.78, 5) is 13.0. The third kappa shape index (κ3) is 4.06. The zero-order valence-electron chi connectivity index (χ0n) is 12.7. The molecule has 0 spiro atoms. The van der Waals surface area contributed by atoms with Crippen molar-refractivity contribution >= 4 is 5.97 Å². The molecule has 106 valence electrons. The highest BCUT2D eigenvalue weighted by Crippen LogP contribution is 2.27. The molecule has 1 N–H and O–H groups in total. The number of aliphatic carboxylic acids is 1. The standard InChI is InChI=1S/C16H25NO2/c1-6-7-17(10-15(18)19)14(5)16-12(3)8-11(2)9-13(16)4/h8-9,14H,6-7,10H2,1-5H3,(H,18,19). The molecule has 19 heavy (non-hydrogen) atoms. The lowest BCUT2D eigenvalue weighted by molar-refractivity contribution is -0.138. The fourth-order valence-electron chi connectivity index (χ4n) is 2.90. The van der Waals surface area contributed by atoms with E-state index in [1.54, 1.807) is 0 Å². The van der Waals surface area contributed by atoms with Gasteiger partial charge in [0.15, 0.2) is 0 Å². The maximum atomic E-state index is 11.0. The highest BCUT2D eigenvalue weighted by molar-refractivity contribution is 5.69. The van der Waals surface area contributed by atoms with Gasteiger partial charge in [-0.3, -0.25) is 9.69 Å². The fraction of sp³-hybridized carbons (Fsp3) is 0.562. The van der Waals surface area contributed by atoms with E-state index >= 15 is 0 Å². The van der Waals surface area contributed by atoms with Crippen LogP contribution in [0.3, 0.4) is 0 Å². The number of hydrogen-bond acceptors (Lipinski definition) is 2. The van der Waals surface area contributed by atoms with Gasteiger partial charge in [0.05, 0.1) is 6.54 Å². The van der Waals surface area contributed by atoms with Crippen LogP contribution >= 0.6 is 0 Å². The van der Waals surface area contributed by atoms with Gasteiger partial charge < -0.3 is 5.11 Å². The maximum Gasteiger partial charge on any atom is 0.317 e. The Hall–Kier alpha value is -1.35. The molecule has 0 bridgehead atoms. The number of hydrogen-bond donors (Lipinski definition) is 1. The van der Waals surface area contributed by atoms with E-state index in [4.69, 9.17) is 5.11 Å². The van der Waals surface area contributed by atoms with Crippen LogP contribution < -0.4 is 0 Å². The van der Waals surface area contributed by atoms with Crippen molar-refractivity contribution in [1.29, 1.82) is 0 Å². The summed E-state index contributed by atoms with van der Waals surface area (Å²) in [5.74, 6) is -0.761. The second-order valence-electron chi connectivity index (χ2n) is 5.35. The number of rotatable bonds is 6. The van der Waals surface area contributed by atoms with Crippen LogP contribution in [0.4, 0.5) is 0 Å². The van der Waals surface area contributed by atoms with Gasteiger partial charge in [-0.2, -0.15) is 0 Å². The van der Waals surface area contributed by atoms with E-state index in [-0.39, 0.29) is 12.6 Å². The quantitative estimate of drug-likeness (QED) is 0.854. The third-order valence-corrected chi connectivity index (χ3v) is 3.55. The minimum atomic E-state index is -0.761. The normalized spacial score (nSPS) is 12.7. The predicted molar refractivity (Wildman–Crippen MR) is 78.6 cm³/mol. The van der Waals surface area contributed by atoms with Crippen LogP contribution in [0.2, 0.25) is 0 Å². The number of carboxylic acids is 1. The number of carbonyl (C=O) groups is 1. The first-order valence-corrected chi connectivity index (χ1v) is 6.90. The Morgan fingerprint density at radius 1 is 1.26 bits per heavy atom. The maximum absolute atomic E-state index is 11.0. The Balaban J connectivity index is 3.08. The van der Waals surface area contributed by atoms with Crippen molar-refractivity contribution in [2.45, 2.75) is 47.1 Å². The highest BCUT2D eigenvalue weighted by atomic mass is 16.4. The second-order valence-corrected chi connectivity index (χ2v) is 5.35. The molecule has 0 aliphatic heterocycles. The second kappa shape index (κ2) is 6.71. The average Bonchev–Trinajstić information content (AvgIpc) is 2.26. The average molecular weight is 263 g/mol. The van der Waals surface area contributed by atoms with E-state index in [1.165, 1.54) is 22.3 Å². The van der Waals surface area contributed by atoms with Gasteiger partial charge >= 0.3 is 5.97 Å². The van der Waals surface area contributed by atoms with Crippen LogP contribution in [-0.4, -0.2) is 29.1 Å². The lowest BCUT2D eigenvalue weighted by Crippen LogP contribution is -2.33. The van der Waals surface area contributed by atoms with Crippen LogP contribution in [0.1, 0.15) is 48.6 Å². The summed E-state index contributed by atoms with van der Waals surface area (Å²) >= 11 is 0. The first kappa shape index (κ1) is 15.7. The Morgan fingerprint density at radius 2 is 1.79 bits per heavy atom. The van der Waals surface area contributed by atoms with Gasteiger partial charge in [0.25, 0.3) is 0 Å². The van der Waals surface area contributed by atoms with E-state index in [0.717, 1.165) is 13.0 Å². The molecule has 0 saturated heterocycles. The minimum absolute atomic E-state index is 0.0990. The van der Waals surface area contributed by atoms with Crippen LogP contribution in [0.5, 0.6) is 0 Å². The summed E-state index contributed by atoms with van der Waals surface area (Å²) in [5, 5.41) is 9.05. The predicted octanol–water partition coefficient (Wildman–Crippen LogP) is 3.47. The Kier molecular flexibility index (Phi) is 5.55. The molecule has 0 aliphatic rings. The van der Waals surface area contributed by atoms with Crippen LogP contribution in [0, 0.1) is 20.8 Å². The van der Waals surface area contributed by atoms with E-state index in [2.05, 4.69) is 46.8 Å². The molecule has 0 aromatic heterocycles. The molecule has 0 amide bonds.